The molecule has 1 heterocycles. The summed E-state index contributed by atoms with van der Waals surface area (Å²) in [6.07, 6.45) is 1.69. The first-order valence-electron chi connectivity index (χ1n) is 8.52. The van der Waals surface area contributed by atoms with E-state index in [-0.39, 0.29) is 5.91 Å². The van der Waals surface area contributed by atoms with Crippen molar-refractivity contribution in [2.24, 2.45) is 0 Å². The van der Waals surface area contributed by atoms with Gasteiger partial charge in [-0.05, 0) is 23.8 Å². The van der Waals surface area contributed by atoms with E-state index in [1.807, 2.05) is 73.8 Å². The number of carbonyl (C=O) groups excluding carboxylic acids is 1. The molecular weight excluding hydrogens is 320 g/mol. The maximum atomic E-state index is 13.2. The summed E-state index contributed by atoms with van der Waals surface area (Å²) in [5, 5.41) is 0.865. The molecule has 4 aromatic rings. The Kier molecular flexibility index (Phi) is 4.20. The second kappa shape index (κ2) is 6.81. The van der Waals surface area contributed by atoms with Crippen LogP contribution in [0.3, 0.4) is 0 Å². The fourth-order valence-electron chi connectivity index (χ4n) is 3.20. The molecule has 0 unspecified atom stereocenters. The first-order valence-corrected chi connectivity index (χ1v) is 8.52. The summed E-state index contributed by atoms with van der Waals surface area (Å²) in [7, 11) is 1.82. The van der Waals surface area contributed by atoms with Gasteiger partial charge < -0.3 is 4.90 Å². The number of fused-ring (bicyclic) bond motifs is 1. The van der Waals surface area contributed by atoms with Crippen molar-refractivity contribution in [2.75, 3.05) is 11.9 Å². The van der Waals surface area contributed by atoms with Crippen LogP contribution < -0.4 is 4.90 Å². The first kappa shape index (κ1) is 16.0. The zero-order valence-electron chi connectivity index (χ0n) is 14.5. The third-order valence-electron chi connectivity index (χ3n) is 4.53. The molecule has 3 aromatic carbocycles. The molecule has 0 aliphatic heterocycles. The van der Waals surface area contributed by atoms with Crippen LogP contribution in [0.25, 0.3) is 22.0 Å². The largest absolute Gasteiger partial charge is 0.311 e. The lowest BCUT2D eigenvalue weighted by Gasteiger charge is -2.21. The molecule has 3 heteroatoms. The molecule has 3 nitrogen and oxygen atoms in total. The Bertz CT molecular complexity index is 1070. The number of para-hydroxylation sites is 2. The topological polar surface area (TPSA) is 33.2 Å². The van der Waals surface area contributed by atoms with Gasteiger partial charge in [-0.2, -0.15) is 0 Å². The van der Waals surface area contributed by atoms with Gasteiger partial charge in [0.25, 0.3) is 5.91 Å². The molecule has 1 amide bonds. The van der Waals surface area contributed by atoms with E-state index < -0.39 is 0 Å². The maximum absolute atomic E-state index is 13.2. The lowest BCUT2D eigenvalue weighted by Crippen LogP contribution is -2.27. The Morgan fingerprint density at radius 3 is 2.35 bits per heavy atom. The van der Waals surface area contributed by atoms with Gasteiger partial charge in [-0.3, -0.25) is 9.78 Å². The Labute approximate surface area is 152 Å². The third-order valence-corrected chi connectivity index (χ3v) is 4.53. The van der Waals surface area contributed by atoms with E-state index in [1.54, 1.807) is 17.2 Å². The predicted octanol–water partition coefficient (Wildman–Crippen LogP) is 5.18. The van der Waals surface area contributed by atoms with Crippen LogP contribution in [-0.4, -0.2) is 17.9 Å². The van der Waals surface area contributed by atoms with Gasteiger partial charge in [-0.25, -0.2) is 0 Å². The highest BCUT2D eigenvalue weighted by Gasteiger charge is 2.19. The summed E-state index contributed by atoms with van der Waals surface area (Å²) < 4.78 is 0. The average Bonchev–Trinajstić information content (AvgIpc) is 2.73. The Balaban J connectivity index is 1.79. The Morgan fingerprint density at radius 2 is 1.50 bits per heavy atom. The van der Waals surface area contributed by atoms with Crippen molar-refractivity contribution in [1.29, 1.82) is 0 Å². The summed E-state index contributed by atoms with van der Waals surface area (Å²) in [4.78, 5) is 19.3. The fraction of sp³-hybridized carbons (Fsp3) is 0.0435. The minimum absolute atomic E-state index is 0.0491. The first-order chi connectivity index (χ1) is 12.8. The van der Waals surface area contributed by atoms with Crippen molar-refractivity contribution >= 4 is 22.5 Å². The highest BCUT2D eigenvalue weighted by Crippen LogP contribution is 2.31. The number of pyridine rings is 1. The molecule has 126 valence electrons. The van der Waals surface area contributed by atoms with Crippen LogP contribution in [0.5, 0.6) is 0 Å². The quantitative estimate of drug-likeness (QED) is 0.516. The summed E-state index contributed by atoms with van der Waals surface area (Å²) in [6, 6.07) is 27.6. The molecule has 0 aliphatic rings. The second-order valence-electron chi connectivity index (χ2n) is 6.12. The lowest BCUT2D eigenvalue weighted by molar-refractivity contribution is 0.0994. The number of rotatable bonds is 3. The third kappa shape index (κ3) is 2.84. The number of benzene rings is 3. The van der Waals surface area contributed by atoms with Crippen LogP contribution >= 0.6 is 0 Å². The minimum Gasteiger partial charge on any atom is -0.311 e. The van der Waals surface area contributed by atoms with E-state index in [0.717, 1.165) is 27.7 Å². The Hall–Kier alpha value is -3.46. The molecule has 0 spiro atoms. The molecule has 0 fully saturated rings. The van der Waals surface area contributed by atoms with Crippen molar-refractivity contribution in [2.45, 2.75) is 0 Å². The molecule has 0 N–H and O–H groups in total. The molecule has 0 bridgehead atoms. The fourth-order valence-corrected chi connectivity index (χ4v) is 3.20. The number of hydrogen-bond acceptors (Lipinski definition) is 2. The monoisotopic (exact) mass is 338 g/mol. The van der Waals surface area contributed by atoms with E-state index >= 15 is 0 Å². The smallest absolute Gasteiger partial charge is 0.258 e. The molecule has 0 radical (unpaired) electrons. The summed E-state index contributed by atoms with van der Waals surface area (Å²) in [5.41, 5.74) is 4.47. The molecule has 1 aromatic heterocycles. The van der Waals surface area contributed by atoms with Crippen molar-refractivity contribution in [3.63, 3.8) is 0 Å². The van der Waals surface area contributed by atoms with Crippen molar-refractivity contribution < 1.29 is 4.79 Å². The van der Waals surface area contributed by atoms with Crippen LogP contribution in [0.1, 0.15) is 10.4 Å². The Morgan fingerprint density at radius 1 is 0.808 bits per heavy atom. The van der Waals surface area contributed by atoms with Gasteiger partial charge in [-0.1, -0.05) is 66.7 Å². The van der Waals surface area contributed by atoms with Crippen molar-refractivity contribution in [3.8, 4) is 11.1 Å². The van der Waals surface area contributed by atoms with E-state index in [0.29, 0.717) is 5.56 Å². The minimum atomic E-state index is -0.0491. The number of hydrogen-bond donors (Lipinski definition) is 0. The van der Waals surface area contributed by atoms with E-state index in [2.05, 4.69) is 17.1 Å². The van der Waals surface area contributed by atoms with Crippen LogP contribution in [0.15, 0.2) is 91.1 Å². The van der Waals surface area contributed by atoms with Gasteiger partial charge in [0.15, 0.2) is 0 Å². The summed E-state index contributed by atoms with van der Waals surface area (Å²) in [5.74, 6) is -0.0491. The standard InChI is InChI=1S/C23H18N2O/c1-25(22-14-8-6-11-18(22)17-9-3-2-4-10-17)23(26)20-15-16-24-21-13-7-5-12-19(20)21/h2-16H,1H3. The molecule has 26 heavy (non-hydrogen) atoms. The lowest BCUT2D eigenvalue weighted by atomic mass is 10.0. The molecule has 0 atom stereocenters. The van der Waals surface area contributed by atoms with Gasteiger partial charge in [0.1, 0.15) is 0 Å². The second-order valence-corrected chi connectivity index (χ2v) is 6.12. The summed E-state index contributed by atoms with van der Waals surface area (Å²) >= 11 is 0. The average molecular weight is 338 g/mol. The van der Waals surface area contributed by atoms with E-state index in [1.165, 1.54) is 0 Å². The van der Waals surface area contributed by atoms with Gasteiger partial charge in [0, 0.05) is 24.2 Å². The van der Waals surface area contributed by atoms with Gasteiger partial charge in [-0.15, -0.1) is 0 Å². The molecule has 0 aliphatic carbocycles. The zero-order valence-corrected chi connectivity index (χ0v) is 14.5. The number of anilines is 1. The maximum Gasteiger partial charge on any atom is 0.258 e. The number of nitrogens with zero attached hydrogens (tertiary/aromatic N) is 2. The zero-order chi connectivity index (χ0) is 17.9. The van der Waals surface area contributed by atoms with E-state index in [9.17, 15) is 4.79 Å². The van der Waals surface area contributed by atoms with Crippen LogP contribution in [0, 0.1) is 0 Å². The molecular formula is C23H18N2O. The number of carbonyl (C=O) groups is 1. The van der Waals surface area contributed by atoms with Crippen molar-refractivity contribution in [1.82, 2.24) is 4.98 Å². The van der Waals surface area contributed by atoms with Crippen molar-refractivity contribution in [3.05, 3.63) is 96.7 Å². The predicted molar refractivity (Wildman–Crippen MR) is 106 cm³/mol. The number of aromatic nitrogens is 1. The van der Waals surface area contributed by atoms with Gasteiger partial charge in [0.2, 0.25) is 0 Å². The molecule has 0 saturated carbocycles. The van der Waals surface area contributed by atoms with Gasteiger partial charge in [0.05, 0.1) is 16.8 Å². The van der Waals surface area contributed by atoms with Crippen LogP contribution in [0.2, 0.25) is 0 Å². The van der Waals surface area contributed by atoms with Crippen LogP contribution in [0.4, 0.5) is 5.69 Å². The van der Waals surface area contributed by atoms with Gasteiger partial charge >= 0.3 is 0 Å². The molecule has 0 saturated heterocycles. The summed E-state index contributed by atoms with van der Waals surface area (Å²) in [6.45, 7) is 0. The van der Waals surface area contributed by atoms with E-state index in [4.69, 9.17) is 0 Å². The number of amides is 1. The SMILES string of the molecule is CN(C(=O)c1ccnc2ccccc12)c1ccccc1-c1ccccc1. The highest BCUT2D eigenvalue weighted by atomic mass is 16.2. The highest BCUT2D eigenvalue weighted by molar-refractivity contribution is 6.14. The van der Waals surface area contributed by atoms with Crippen LogP contribution in [-0.2, 0) is 0 Å². The normalized spacial score (nSPS) is 10.7. The molecule has 4 rings (SSSR count).